The normalized spacial score (nSPS) is 13.5. The van der Waals surface area contributed by atoms with Crippen LogP contribution in [0.5, 0.6) is 5.75 Å². The van der Waals surface area contributed by atoms with Crippen molar-refractivity contribution in [1.82, 2.24) is 4.90 Å². The molecule has 0 radical (unpaired) electrons. The minimum Gasteiger partial charge on any atom is -0.456 e. The van der Waals surface area contributed by atoms with Crippen LogP contribution in [-0.4, -0.2) is 19.0 Å². The van der Waals surface area contributed by atoms with Crippen LogP contribution in [0.1, 0.15) is 11.1 Å². The van der Waals surface area contributed by atoms with Crippen molar-refractivity contribution >= 4 is 11.3 Å². The van der Waals surface area contributed by atoms with Crippen molar-refractivity contribution in [3.8, 4) is 17.9 Å². The van der Waals surface area contributed by atoms with E-state index >= 15 is 0 Å². The molecule has 3 rings (SSSR count). The maximum Gasteiger partial charge on any atom is 0.152 e. The highest BCUT2D eigenvalue weighted by Gasteiger charge is 2.19. The Morgan fingerprint density at radius 1 is 0.962 bits per heavy atom. The van der Waals surface area contributed by atoms with Gasteiger partial charge in [-0.15, -0.1) is 0 Å². The molecule has 1 aliphatic rings. The highest BCUT2D eigenvalue weighted by Crippen LogP contribution is 2.37. The van der Waals surface area contributed by atoms with Crippen molar-refractivity contribution in [3.63, 3.8) is 0 Å². The quantitative estimate of drug-likeness (QED) is 0.779. The Morgan fingerprint density at radius 3 is 2.27 bits per heavy atom. The number of benzene rings is 2. The van der Waals surface area contributed by atoms with Gasteiger partial charge in [-0.05, 0) is 23.8 Å². The van der Waals surface area contributed by atoms with E-state index in [0.29, 0.717) is 5.70 Å². The van der Waals surface area contributed by atoms with Crippen molar-refractivity contribution in [1.29, 1.82) is 10.5 Å². The van der Waals surface area contributed by atoms with Crippen LogP contribution in [0.3, 0.4) is 0 Å². The molecule has 0 unspecified atom stereocenters. The maximum atomic E-state index is 9.27. The van der Waals surface area contributed by atoms with Crippen molar-refractivity contribution in [2.45, 2.75) is 0 Å². The number of nitriles is 2. The molecule has 0 saturated heterocycles. The van der Waals surface area contributed by atoms with E-state index in [2.05, 4.69) is 0 Å². The molecule has 4 heteroatoms. The zero-order chi connectivity index (χ0) is 18.5. The highest BCUT2D eigenvalue weighted by molar-refractivity contribution is 5.89. The van der Waals surface area contributed by atoms with Crippen molar-refractivity contribution in [3.05, 3.63) is 89.1 Å². The minimum absolute atomic E-state index is 0.0705. The molecule has 2 aromatic rings. The van der Waals surface area contributed by atoms with E-state index in [1.807, 2.05) is 93.0 Å². The summed E-state index contributed by atoms with van der Waals surface area (Å²) in [6, 6.07) is 21.5. The Balaban J connectivity index is 2.20. The van der Waals surface area contributed by atoms with Crippen LogP contribution in [0.2, 0.25) is 0 Å². The Morgan fingerprint density at radius 2 is 1.62 bits per heavy atom. The molecule has 0 aromatic heterocycles. The largest absolute Gasteiger partial charge is 0.456 e. The van der Waals surface area contributed by atoms with Crippen LogP contribution < -0.4 is 4.74 Å². The molecule has 0 bridgehead atoms. The lowest BCUT2D eigenvalue weighted by molar-refractivity contribution is 0.508. The number of allylic oxidation sites excluding steroid dienone is 4. The predicted molar refractivity (Wildman–Crippen MR) is 101 cm³/mol. The molecule has 2 aromatic carbocycles. The SMILES string of the molecule is CN(C)C(/C=C1\C=C(c2ccccc2)Oc2ccccc21)=C(C#N)C#N. The molecule has 1 aliphatic heterocycles. The first-order valence-corrected chi connectivity index (χ1v) is 8.12. The summed E-state index contributed by atoms with van der Waals surface area (Å²) in [6.07, 6.45) is 3.79. The molecule has 0 aliphatic carbocycles. The number of hydrogen-bond acceptors (Lipinski definition) is 4. The van der Waals surface area contributed by atoms with Crippen LogP contribution >= 0.6 is 0 Å². The van der Waals surface area contributed by atoms with E-state index in [0.717, 1.165) is 28.2 Å². The third kappa shape index (κ3) is 3.36. The van der Waals surface area contributed by atoms with E-state index < -0.39 is 0 Å². The Labute approximate surface area is 153 Å². The second-order valence-corrected chi connectivity index (χ2v) is 5.95. The minimum atomic E-state index is 0.0705. The molecule has 1 heterocycles. The van der Waals surface area contributed by atoms with Crippen LogP contribution in [0.15, 0.2) is 78.0 Å². The average Bonchev–Trinajstić information content (AvgIpc) is 2.68. The fourth-order valence-corrected chi connectivity index (χ4v) is 2.74. The summed E-state index contributed by atoms with van der Waals surface area (Å²) >= 11 is 0. The molecule has 0 atom stereocenters. The number of likely N-dealkylation sites (N-methyl/N-ethyl adjacent to an activating group) is 1. The summed E-state index contributed by atoms with van der Waals surface area (Å²) in [7, 11) is 3.63. The second kappa shape index (κ2) is 7.42. The summed E-state index contributed by atoms with van der Waals surface area (Å²) in [5.74, 6) is 1.47. The van der Waals surface area contributed by atoms with Crippen LogP contribution in [0.4, 0.5) is 0 Å². The lowest BCUT2D eigenvalue weighted by Crippen LogP contribution is -2.12. The molecule has 0 spiro atoms. The number of nitrogens with zero attached hydrogens (tertiary/aromatic N) is 3. The Bertz CT molecular complexity index is 984. The number of hydrogen-bond donors (Lipinski definition) is 0. The molecule has 0 amide bonds. The lowest BCUT2D eigenvalue weighted by atomic mass is 9.98. The second-order valence-electron chi connectivity index (χ2n) is 5.95. The van der Waals surface area contributed by atoms with Crippen molar-refractivity contribution in [2.24, 2.45) is 0 Å². The zero-order valence-electron chi connectivity index (χ0n) is 14.6. The zero-order valence-corrected chi connectivity index (χ0v) is 14.6. The first kappa shape index (κ1) is 17.1. The molecule has 0 saturated carbocycles. The van der Waals surface area contributed by atoms with E-state index in [9.17, 15) is 10.5 Å². The van der Waals surface area contributed by atoms with Gasteiger partial charge in [0.1, 0.15) is 23.6 Å². The molecular weight excluding hydrogens is 322 g/mol. The van der Waals surface area contributed by atoms with E-state index in [4.69, 9.17) is 4.74 Å². The summed E-state index contributed by atoms with van der Waals surface area (Å²) in [6.45, 7) is 0. The smallest absolute Gasteiger partial charge is 0.152 e. The first-order valence-electron chi connectivity index (χ1n) is 8.12. The Kier molecular flexibility index (Phi) is 4.87. The fraction of sp³-hybridized carbons (Fsp3) is 0.0909. The number of fused-ring (bicyclic) bond motifs is 1. The van der Waals surface area contributed by atoms with Gasteiger partial charge in [-0.1, -0.05) is 48.5 Å². The van der Waals surface area contributed by atoms with Gasteiger partial charge < -0.3 is 9.64 Å². The molecule has 0 N–H and O–H groups in total. The van der Waals surface area contributed by atoms with Gasteiger partial charge in [0.05, 0.1) is 5.70 Å². The predicted octanol–water partition coefficient (Wildman–Crippen LogP) is 4.37. The van der Waals surface area contributed by atoms with E-state index in [1.54, 1.807) is 4.90 Å². The summed E-state index contributed by atoms with van der Waals surface area (Å²) in [5.41, 5.74) is 3.40. The highest BCUT2D eigenvalue weighted by atomic mass is 16.5. The number of rotatable bonds is 3. The molecule has 4 nitrogen and oxygen atoms in total. The molecule has 0 fully saturated rings. The van der Waals surface area contributed by atoms with Crippen molar-refractivity contribution in [2.75, 3.05) is 14.1 Å². The van der Waals surface area contributed by atoms with Crippen LogP contribution in [0.25, 0.3) is 11.3 Å². The van der Waals surface area contributed by atoms with Crippen LogP contribution in [0, 0.1) is 22.7 Å². The van der Waals surface area contributed by atoms with Gasteiger partial charge in [0.25, 0.3) is 0 Å². The van der Waals surface area contributed by atoms with Gasteiger partial charge in [0.15, 0.2) is 5.57 Å². The topological polar surface area (TPSA) is 60.0 Å². The van der Waals surface area contributed by atoms with Gasteiger partial charge >= 0.3 is 0 Å². The monoisotopic (exact) mass is 339 g/mol. The van der Waals surface area contributed by atoms with Gasteiger partial charge in [-0.3, -0.25) is 0 Å². The van der Waals surface area contributed by atoms with Crippen LogP contribution in [-0.2, 0) is 0 Å². The van der Waals surface area contributed by atoms with Gasteiger partial charge in [-0.25, -0.2) is 0 Å². The third-order valence-electron chi connectivity index (χ3n) is 4.02. The maximum absolute atomic E-state index is 9.27. The molecular formula is C22H17N3O. The summed E-state index contributed by atoms with van der Waals surface area (Å²) in [5, 5.41) is 18.5. The van der Waals surface area contributed by atoms with Gasteiger partial charge in [-0.2, -0.15) is 10.5 Å². The molecule has 26 heavy (non-hydrogen) atoms. The number of ether oxygens (including phenoxy) is 1. The summed E-state index contributed by atoms with van der Waals surface area (Å²) < 4.78 is 6.06. The Hall–Kier alpha value is -3.76. The van der Waals surface area contributed by atoms with Gasteiger partial charge in [0.2, 0.25) is 0 Å². The molecule has 126 valence electrons. The summed E-state index contributed by atoms with van der Waals surface area (Å²) in [4.78, 5) is 1.77. The average molecular weight is 339 g/mol. The first-order chi connectivity index (χ1) is 12.6. The fourth-order valence-electron chi connectivity index (χ4n) is 2.74. The van der Waals surface area contributed by atoms with Gasteiger partial charge in [0, 0.05) is 25.2 Å². The lowest BCUT2D eigenvalue weighted by Gasteiger charge is -2.22. The number of para-hydroxylation sites is 1. The third-order valence-corrected chi connectivity index (χ3v) is 4.02. The van der Waals surface area contributed by atoms with Crippen molar-refractivity contribution < 1.29 is 4.74 Å². The standard InChI is InChI=1S/C22H17N3O/c1-25(2)20(18(14-23)15-24)12-17-13-22(16-8-4-3-5-9-16)26-21-11-7-6-10-19(17)21/h3-13H,1-2H3/b17-12+. The van der Waals surface area contributed by atoms with E-state index in [1.165, 1.54) is 0 Å². The van der Waals surface area contributed by atoms with E-state index in [-0.39, 0.29) is 5.57 Å².